The van der Waals surface area contributed by atoms with Crippen LogP contribution in [0.15, 0.2) is 24.3 Å². The van der Waals surface area contributed by atoms with Crippen LogP contribution in [-0.2, 0) is 11.3 Å². The van der Waals surface area contributed by atoms with E-state index in [0.29, 0.717) is 19.2 Å². The average Bonchev–Trinajstić information content (AvgIpc) is 2.94. The third-order valence-corrected chi connectivity index (χ3v) is 5.39. The van der Waals surface area contributed by atoms with Gasteiger partial charge in [-0.3, -0.25) is 4.90 Å². The van der Waals surface area contributed by atoms with Crippen molar-refractivity contribution in [3.05, 3.63) is 35.4 Å². The fourth-order valence-electron chi connectivity index (χ4n) is 4.42. The highest BCUT2D eigenvalue weighted by atomic mass is 16.5. The summed E-state index contributed by atoms with van der Waals surface area (Å²) in [5, 5.41) is 0. The second kappa shape index (κ2) is 6.91. The minimum atomic E-state index is 0.351. The van der Waals surface area contributed by atoms with E-state index in [1.807, 2.05) is 0 Å². The number of hydrogen-bond acceptors (Lipinski definition) is 3. The minimum Gasteiger partial charge on any atom is -0.380 e. The summed E-state index contributed by atoms with van der Waals surface area (Å²) in [4.78, 5) is 2.69. The number of likely N-dealkylation sites (tertiary alicyclic amines) is 1. The Morgan fingerprint density at radius 3 is 2.86 bits per heavy atom. The Morgan fingerprint density at radius 2 is 2.05 bits per heavy atom. The molecule has 0 radical (unpaired) electrons. The quantitative estimate of drug-likeness (QED) is 0.905. The lowest BCUT2D eigenvalue weighted by Crippen LogP contribution is -2.40. The Labute approximate surface area is 128 Å². The SMILES string of the molecule is COCc1ccccc1C(CN)N1CCC2CCCCC21. The van der Waals surface area contributed by atoms with Crippen LogP contribution in [0.4, 0.5) is 0 Å². The number of benzene rings is 1. The predicted octanol–water partition coefficient (Wildman–Crippen LogP) is 3.10. The molecule has 0 aromatic heterocycles. The van der Waals surface area contributed by atoms with Crippen LogP contribution in [0.1, 0.15) is 49.3 Å². The number of fused-ring (bicyclic) bond motifs is 1. The van der Waals surface area contributed by atoms with Crippen molar-refractivity contribution in [1.29, 1.82) is 0 Å². The monoisotopic (exact) mass is 288 g/mol. The van der Waals surface area contributed by atoms with Gasteiger partial charge in [0.05, 0.1) is 6.61 Å². The second-order valence-corrected chi connectivity index (χ2v) is 6.52. The zero-order valence-corrected chi connectivity index (χ0v) is 13.1. The van der Waals surface area contributed by atoms with Crippen LogP contribution >= 0.6 is 0 Å². The molecule has 2 N–H and O–H groups in total. The first-order chi connectivity index (χ1) is 10.3. The molecule has 0 spiro atoms. The lowest BCUT2D eigenvalue weighted by atomic mass is 9.84. The van der Waals surface area contributed by atoms with Crippen LogP contribution in [0.5, 0.6) is 0 Å². The molecule has 0 bridgehead atoms. The maximum Gasteiger partial charge on any atom is 0.0716 e. The molecule has 3 heteroatoms. The van der Waals surface area contributed by atoms with Gasteiger partial charge in [-0.25, -0.2) is 0 Å². The van der Waals surface area contributed by atoms with E-state index in [1.165, 1.54) is 49.8 Å². The third-order valence-electron chi connectivity index (χ3n) is 5.39. The van der Waals surface area contributed by atoms with Crippen molar-refractivity contribution in [2.24, 2.45) is 11.7 Å². The molecule has 1 aliphatic heterocycles. The van der Waals surface area contributed by atoms with Gasteiger partial charge < -0.3 is 10.5 Å². The normalized spacial score (nSPS) is 27.5. The minimum absolute atomic E-state index is 0.351. The summed E-state index contributed by atoms with van der Waals surface area (Å²) in [6.07, 6.45) is 6.93. The topological polar surface area (TPSA) is 38.5 Å². The van der Waals surface area contributed by atoms with Crippen LogP contribution in [-0.4, -0.2) is 31.1 Å². The van der Waals surface area contributed by atoms with E-state index in [0.717, 1.165) is 12.0 Å². The van der Waals surface area contributed by atoms with E-state index >= 15 is 0 Å². The molecule has 1 aromatic rings. The Bertz CT molecular complexity index is 462. The van der Waals surface area contributed by atoms with E-state index in [-0.39, 0.29) is 0 Å². The van der Waals surface area contributed by atoms with Crippen molar-refractivity contribution < 1.29 is 4.74 Å². The standard InChI is InChI=1S/C18H28N2O/c1-21-13-15-7-2-4-8-16(15)18(12-19)20-11-10-14-6-3-5-9-17(14)20/h2,4,7-8,14,17-18H,3,5-6,9-13,19H2,1H3. The molecule has 3 atom stereocenters. The molecule has 2 fully saturated rings. The van der Waals surface area contributed by atoms with Crippen molar-refractivity contribution in [2.45, 2.75) is 50.8 Å². The number of rotatable bonds is 5. The van der Waals surface area contributed by atoms with Crippen LogP contribution < -0.4 is 5.73 Å². The summed E-state index contributed by atoms with van der Waals surface area (Å²) >= 11 is 0. The first-order valence-corrected chi connectivity index (χ1v) is 8.37. The highest BCUT2D eigenvalue weighted by molar-refractivity contribution is 5.30. The van der Waals surface area contributed by atoms with Gasteiger partial charge in [0, 0.05) is 25.7 Å². The lowest BCUT2D eigenvalue weighted by molar-refractivity contribution is 0.131. The summed E-state index contributed by atoms with van der Waals surface area (Å²) in [6, 6.07) is 9.75. The lowest BCUT2D eigenvalue weighted by Gasteiger charge is -2.37. The summed E-state index contributed by atoms with van der Waals surface area (Å²) < 4.78 is 5.37. The summed E-state index contributed by atoms with van der Waals surface area (Å²) in [6.45, 7) is 2.58. The van der Waals surface area contributed by atoms with Crippen LogP contribution in [0.25, 0.3) is 0 Å². The number of ether oxygens (including phenoxy) is 1. The Hall–Kier alpha value is -0.900. The molecular weight excluding hydrogens is 260 g/mol. The van der Waals surface area contributed by atoms with E-state index in [9.17, 15) is 0 Å². The fraction of sp³-hybridized carbons (Fsp3) is 0.667. The average molecular weight is 288 g/mol. The highest BCUT2D eigenvalue weighted by Crippen LogP contribution is 2.40. The summed E-state index contributed by atoms with van der Waals surface area (Å²) in [5.41, 5.74) is 8.84. The third kappa shape index (κ3) is 3.01. The molecule has 116 valence electrons. The fourth-order valence-corrected chi connectivity index (χ4v) is 4.42. The van der Waals surface area contributed by atoms with Crippen LogP contribution in [0.2, 0.25) is 0 Å². The smallest absolute Gasteiger partial charge is 0.0716 e. The first kappa shape index (κ1) is 15.0. The van der Waals surface area contributed by atoms with Crippen molar-refractivity contribution in [3.63, 3.8) is 0 Å². The van der Waals surface area contributed by atoms with Gasteiger partial charge >= 0.3 is 0 Å². The maximum absolute atomic E-state index is 6.19. The van der Waals surface area contributed by atoms with E-state index in [1.54, 1.807) is 7.11 Å². The Balaban J connectivity index is 1.85. The molecule has 1 aromatic carbocycles. The van der Waals surface area contributed by atoms with Gasteiger partial charge in [0.2, 0.25) is 0 Å². The van der Waals surface area contributed by atoms with Crippen molar-refractivity contribution in [2.75, 3.05) is 20.2 Å². The van der Waals surface area contributed by atoms with Crippen molar-refractivity contribution in [1.82, 2.24) is 4.90 Å². The van der Waals surface area contributed by atoms with Crippen molar-refractivity contribution in [3.8, 4) is 0 Å². The van der Waals surface area contributed by atoms with E-state index in [4.69, 9.17) is 10.5 Å². The highest BCUT2D eigenvalue weighted by Gasteiger charge is 2.39. The largest absolute Gasteiger partial charge is 0.380 e. The van der Waals surface area contributed by atoms with E-state index in [2.05, 4.69) is 29.2 Å². The molecule has 1 heterocycles. The number of hydrogen-bond donors (Lipinski definition) is 1. The van der Waals surface area contributed by atoms with Crippen LogP contribution in [0.3, 0.4) is 0 Å². The molecule has 1 saturated heterocycles. The van der Waals surface area contributed by atoms with Gasteiger partial charge in [-0.15, -0.1) is 0 Å². The maximum atomic E-state index is 6.19. The predicted molar refractivity (Wildman–Crippen MR) is 86.0 cm³/mol. The first-order valence-electron chi connectivity index (χ1n) is 8.37. The van der Waals surface area contributed by atoms with Gasteiger partial charge in [0.1, 0.15) is 0 Å². The molecule has 0 amide bonds. The summed E-state index contributed by atoms with van der Waals surface area (Å²) in [7, 11) is 1.77. The number of nitrogens with two attached hydrogens (primary N) is 1. The summed E-state index contributed by atoms with van der Waals surface area (Å²) in [5.74, 6) is 0.905. The van der Waals surface area contributed by atoms with Crippen molar-refractivity contribution >= 4 is 0 Å². The molecule has 3 unspecified atom stereocenters. The molecular formula is C18H28N2O. The number of nitrogens with zero attached hydrogens (tertiary/aromatic N) is 1. The Morgan fingerprint density at radius 1 is 1.24 bits per heavy atom. The Kier molecular flexibility index (Phi) is 4.94. The van der Waals surface area contributed by atoms with Crippen LogP contribution in [0, 0.1) is 5.92 Å². The molecule has 3 nitrogen and oxygen atoms in total. The van der Waals surface area contributed by atoms with Gasteiger partial charge in [0.25, 0.3) is 0 Å². The van der Waals surface area contributed by atoms with Gasteiger partial charge in [0.15, 0.2) is 0 Å². The molecule has 3 rings (SSSR count). The zero-order chi connectivity index (χ0) is 14.7. The molecule has 21 heavy (non-hydrogen) atoms. The van der Waals surface area contributed by atoms with Gasteiger partial charge in [-0.1, -0.05) is 37.1 Å². The van der Waals surface area contributed by atoms with Gasteiger partial charge in [-0.05, 0) is 42.9 Å². The molecule has 2 aliphatic rings. The second-order valence-electron chi connectivity index (χ2n) is 6.52. The number of methoxy groups -OCH3 is 1. The molecule has 1 saturated carbocycles. The van der Waals surface area contributed by atoms with Gasteiger partial charge in [-0.2, -0.15) is 0 Å². The zero-order valence-electron chi connectivity index (χ0n) is 13.1. The van der Waals surface area contributed by atoms with E-state index < -0.39 is 0 Å². The molecule has 1 aliphatic carbocycles.